The fourth-order valence-electron chi connectivity index (χ4n) is 1.57. The second-order valence-corrected chi connectivity index (χ2v) is 10.6. The van der Waals surface area contributed by atoms with Crippen LogP contribution in [0.2, 0.25) is 10.5 Å². The van der Waals surface area contributed by atoms with Crippen LogP contribution in [0.5, 0.6) is 0 Å². The summed E-state index contributed by atoms with van der Waals surface area (Å²) in [4.78, 5) is 0. The van der Waals surface area contributed by atoms with Crippen molar-refractivity contribution < 1.29 is 17.9 Å². The molecule has 0 spiro atoms. The van der Waals surface area contributed by atoms with Gasteiger partial charge in [-0.1, -0.05) is 0 Å². The van der Waals surface area contributed by atoms with Gasteiger partial charge in [0.15, 0.2) is 0 Å². The molecule has 0 amide bonds. The van der Waals surface area contributed by atoms with Crippen molar-refractivity contribution in [2.45, 2.75) is 43.3 Å². The second-order valence-electron chi connectivity index (χ2n) is 4.27. The van der Waals surface area contributed by atoms with Crippen LogP contribution in [0.15, 0.2) is 11.1 Å². The predicted octanol–water partition coefficient (Wildman–Crippen LogP) is 3.91. The Hall–Kier alpha value is 0.624. The Morgan fingerprint density at radius 3 is 1.83 bits per heavy atom. The molecule has 0 saturated carbocycles. The molecule has 0 fully saturated rings. The van der Waals surface area contributed by atoms with E-state index in [2.05, 4.69) is 38.2 Å². The first-order valence-electron chi connectivity index (χ1n) is 4.45. The first-order valence-corrected chi connectivity index (χ1v) is 9.25. The van der Waals surface area contributed by atoms with Gasteiger partial charge < -0.3 is 0 Å². The molecule has 0 nitrogen and oxygen atoms in total. The van der Waals surface area contributed by atoms with Crippen LogP contribution in [0.3, 0.4) is 0 Å². The average Bonchev–Trinajstić information content (AvgIpc) is 2.14. The minimum atomic E-state index is -0.808. The molecule has 2 heteroatoms. The van der Waals surface area contributed by atoms with Gasteiger partial charge in [-0.2, -0.15) is 0 Å². The fraction of sp³-hybridized carbons (Fsp3) is 0.700. The third kappa shape index (κ3) is 1.76. The summed E-state index contributed by atoms with van der Waals surface area (Å²) in [5.41, 5.74) is 3.24. The van der Waals surface area contributed by atoms with E-state index in [4.69, 9.17) is 0 Å². The van der Waals surface area contributed by atoms with Crippen molar-refractivity contribution in [2.75, 3.05) is 0 Å². The van der Waals surface area contributed by atoms with E-state index in [1.165, 1.54) is 0 Å². The van der Waals surface area contributed by atoms with Gasteiger partial charge in [0.2, 0.25) is 0 Å². The van der Waals surface area contributed by atoms with Gasteiger partial charge in [-0.25, -0.2) is 0 Å². The Balaban J connectivity index is 3.10. The molecule has 0 bridgehead atoms. The summed E-state index contributed by atoms with van der Waals surface area (Å²) in [6, 6.07) is 0. The molecular weight excluding hydrogens is 199 g/mol. The second kappa shape index (κ2) is 3.41. The van der Waals surface area contributed by atoms with Gasteiger partial charge in [-0.3, -0.25) is 0 Å². The Labute approximate surface area is 84.1 Å². The topological polar surface area (TPSA) is 0 Å². The van der Waals surface area contributed by atoms with Crippen molar-refractivity contribution >= 4 is 11.8 Å². The maximum atomic E-state index is 2.46. The molecule has 0 N–H and O–H groups in total. The van der Waals surface area contributed by atoms with Gasteiger partial charge in [0.1, 0.15) is 0 Å². The van der Waals surface area contributed by atoms with Crippen molar-refractivity contribution in [3.63, 3.8) is 0 Å². The molecule has 0 saturated heterocycles. The van der Waals surface area contributed by atoms with Crippen LogP contribution >= 0.6 is 8.20 Å². The molecule has 0 aromatic rings. The molecule has 1 aliphatic heterocycles. The molecule has 1 aliphatic rings. The molecule has 0 atom stereocenters. The standard InChI is InChI=1S/C8H12P.2CH3.Ti/c1-6-5-9-8(3,4)7(6)2;;;/h1-4H3;2*1H3;. The molecule has 0 aromatic carbocycles. The van der Waals surface area contributed by atoms with Gasteiger partial charge in [-0.05, 0) is 0 Å². The monoisotopic (exact) mass is 217 g/mol. The molecule has 0 radical (unpaired) electrons. The molecule has 0 aliphatic carbocycles. The first kappa shape index (κ1) is 10.7. The van der Waals surface area contributed by atoms with Gasteiger partial charge in [0.25, 0.3) is 0 Å². The Kier molecular flexibility index (Phi) is 3.04. The van der Waals surface area contributed by atoms with E-state index < -0.39 is 17.9 Å². The number of allylic oxidation sites excluding steroid dienone is 2. The summed E-state index contributed by atoms with van der Waals surface area (Å²) in [6.45, 7) is 9.34. The minimum absolute atomic E-state index is 0.434. The third-order valence-corrected chi connectivity index (χ3v) is 8.59. The zero-order chi connectivity index (χ0) is 9.52. The van der Waals surface area contributed by atoms with Crippen LogP contribution in [0, 0.1) is 0 Å². The SMILES string of the molecule is CC1=C(C)C(C)(C)P=[C]1[Ti]([CH3])[CH3]. The quantitative estimate of drug-likeness (QED) is 0.461. The van der Waals surface area contributed by atoms with Gasteiger partial charge in [-0.15, -0.1) is 0 Å². The van der Waals surface area contributed by atoms with E-state index in [1.54, 1.807) is 22.9 Å². The van der Waals surface area contributed by atoms with Crippen LogP contribution in [0.4, 0.5) is 0 Å². The fourth-order valence-corrected chi connectivity index (χ4v) is 6.84. The third-order valence-electron chi connectivity index (χ3n) is 2.70. The average molecular weight is 217 g/mol. The summed E-state index contributed by atoms with van der Waals surface area (Å²) < 4.78 is 1.80. The van der Waals surface area contributed by atoms with Crippen molar-refractivity contribution in [3.8, 4) is 0 Å². The van der Waals surface area contributed by atoms with E-state index in [1.807, 2.05) is 0 Å². The molecule has 1 rings (SSSR count). The molecule has 0 unspecified atom stereocenters. The molecule has 1 heterocycles. The maximum absolute atomic E-state index is 2.46. The van der Waals surface area contributed by atoms with E-state index in [0.717, 1.165) is 0 Å². The predicted molar refractivity (Wildman–Crippen MR) is 56.1 cm³/mol. The molecule has 0 aromatic heterocycles. The number of hydrogen-bond acceptors (Lipinski definition) is 0. The first-order chi connectivity index (χ1) is 5.36. The van der Waals surface area contributed by atoms with E-state index >= 15 is 0 Å². The van der Waals surface area contributed by atoms with E-state index in [0.29, 0.717) is 5.16 Å². The van der Waals surface area contributed by atoms with Crippen molar-refractivity contribution in [1.82, 2.24) is 0 Å². The van der Waals surface area contributed by atoms with Crippen molar-refractivity contribution in [1.29, 1.82) is 0 Å². The summed E-state index contributed by atoms with van der Waals surface area (Å²) in [5, 5.41) is 5.35. The van der Waals surface area contributed by atoms with Crippen LogP contribution in [0.25, 0.3) is 0 Å². The van der Waals surface area contributed by atoms with Gasteiger partial charge >= 0.3 is 84.1 Å². The van der Waals surface area contributed by atoms with Crippen molar-refractivity contribution in [3.05, 3.63) is 11.1 Å². The summed E-state index contributed by atoms with van der Waals surface area (Å²) in [7, 11) is 1.60. The normalized spacial score (nSPS) is 22.7. The summed E-state index contributed by atoms with van der Waals surface area (Å²) in [5.74, 6) is 0. The summed E-state index contributed by atoms with van der Waals surface area (Å²) >= 11 is -0.808. The van der Waals surface area contributed by atoms with E-state index in [-0.39, 0.29) is 0 Å². The number of hydrogen-bond donors (Lipinski definition) is 0. The number of rotatable bonds is 1. The molecular formula is C10H18PTi. The van der Waals surface area contributed by atoms with Crippen LogP contribution < -0.4 is 0 Å². The Morgan fingerprint density at radius 2 is 1.67 bits per heavy atom. The van der Waals surface area contributed by atoms with Gasteiger partial charge in [0.05, 0.1) is 0 Å². The zero-order valence-corrected chi connectivity index (χ0v) is 11.4. The Morgan fingerprint density at radius 1 is 1.17 bits per heavy atom. The van der Waals surface area contributed by atoms with Crippen molar-refractivity contribution in [2.24, 2.45) is 0 Å². The molecule has 67 valence electrons. The molecule has 12 heavy (non-hydrogen) atoms. The van der Waals surface area contributed by atoms with Crippen LogP contribution in [-0.4, -0.2) is 8.75 Å². The summed E-state index contributed by atoms with van der Waals surface area (Å²) in [6.07, 6.45) is 0. The van der Waals surface area contributed by atoms with Gasteiger partial charge in [0, 0.05) is 0 Å². The van der Waals surface area contributed by atoms with Crippen LogP contribution in [-0.2, 0) is 17.9 Å². The van der Waals surface area contributed by atoms with E-state index in [9.17, 15) is 0 Å². The van der Waals surface area contributed by atoms with Crippen LogP contribution in [0.1, 0.15) is 27.7 Å². The zero-order valence-electron chi connectivity index (χ0n) is 8.95. The Bertz CT molecular complexity index is 259.